The third-order valence-corrected chi connectivity index (χ3v) is 2.00. The SMILES string of the molecule is C=C/C(Cl)=C(\C=C)N(C)C(=O)CC. The normalized spacial score (nSPS) is 11.6. The summed E-state index contributed by atoms with van der Waals surface area (Å²) in [5.41, 5.74) is 0.587. The molecule has 2 nitrogen and oxygen atoms in total. The Balaban J connectivity index is 4.89. The lowest BCUT2D eigenvalue weighted by Crippen LogP contribution is -2.24. The van der Waals surface area contributed by atoms with E-state index >= 15 is 0 Å². The molecule has 0 aliphatic heterocycles. The molecule has 0 unspecified atom stereocenters. The van der Waals surface area contributed by atoms with Gasteiger partial charge in [-0.05, 0) is 12.2 Å². The number of nitrogens with zero attached hydrogens (tertiary/aromatic N) is 1. The Morgan fingerprint density at radius 3 is 2.31 bits per heavy atom. The number of carbonyl (C=O) groups is 1. The van der Waals surface area contributed by atoms with Gasteiger partial charge in [-0.2, -0.15) is 0 Å². The second kappa shape index (κ2) is 5.60. The number of amides is 1. The molecule has 0 aromatic carbocycles. The first-order chi connectivity index (χ1) is 6.08. The highest BCUT2D eigenvalue weighted by molar-refractivity contribution is 6.31. The molecule has 0 atom stereocenters. The maximum atomic E-state index is 11.3. The van der Waals surface area contributed by atoms with Crippen molar-refractivity contribution in [3.8, 4) is 0 Å². The molecule has 1 amide bonds. The third-order valence-electron chi connectivity index (χ3n) is 1.66. The summed E-state index contributed by atoms with van der Waals surface area (Å²) < 4.78 is 0. The lowest BCUT2D eigenvalue weighted by Gasteiger charge is -2.18. The molecule has 0 heterocycles. The van der Waals surface area contributed by atoms with Crippen molar-refractivity contribution in [2.45, 2.75) is 13.3 Å². The minimum absolute atomic E-state index is 0.00472. The minimum atomic E-state index is -0.00472. The van der Waals surface area contributed by atoms with Gasteiger partial charge in [-0.1, -0.05) is 31.7 Å². The molecule has 0 bridgehead atoms. The van der Waals surface area contributed by atoms with Crippen molar-refractivity contribution in [2.24, 2.45) is 0 Å². The van der Waals surface area contributed by atoms with Gasteiger partial charge in [-0.3, -0.25) is 4.79 Å². The summed E-state index contributed by atoms with van der Waals surface area (Å²) in [7, 11) is 1.66. The second-order valence-corrected chi connectivity index (χ2v) is 2.85. The average Bonchev–Trinajstić information content (AvgIpc) is 2.17. The summed E-state index contributed by atoms with van der Waals surface area (Å²) in [4.78, 5) is 12.8. The number of halogens is 1. The smallest absolute Gasteiger partial charge is 0.226 e. The van der Waals surface area contributed by atoms with Crippen molar-refractivity contribution in [1.29, 1.82) is 0 Å². The Kier molecular flexibility index (Phi) is 5.16. The van der Waals surface area contributed by atoms with Crippen molar-refractivity contribution in [3.63, 3.8) is 0 Å². The van der Waals surface area contributed by atoms with E-state index in [4.69, 9.17) is 11.6 Å². The Morgan fingerprint density at radius 1 is 1.46 bits per heavy atom. The zero-order valence-corrected chi connectivity index (χ0v) is 8.77. The van der Waals surface area contributed by atoms with Gasteiger partial charge >= 0.3 is 0 Å². The molecule has 0 radical (unpaired) electrons. The number of hydrogen-bond acceptors (Lipinski definition) is 1. The highest BCUT2D eigenvalue weighted by Crippen LogP contribution is 2.15. The average molecular weight is 200 g/mol. The standard InChI is InChI=1S/C10H14ClNO/c1-5-8(11)9(6-2)12(4)10(13)7-3/h5-6H,1-2,7H2,3-4H3/b9-8-. The lowest BCUT2D eigenvalue weighted by atomic mass is 10.3. The van der Waals surface area contributed by atoms with Crippen molar-refractivity contribution in [3.05, 3.63) is 36.0 Å². The van der Waals surface area contributed by atoms with Gasteiger partial charge < -0.3 is 4.90 Å². The first-order valence-electron chi connectivity index (χ1n) is 3.99. The number of rotatable bonds is 4. The quantitative estimate of drug-likeness (QED) is 0.638. The van der Waals surface area contributed by atoms with Crippen LogP contribution in [0, 0.1) is 0 Å². The van der Waals surface area contributed by atoms with Crippen LogP contribution in [0.2, 0.25) is 0 Å². The Labute approximate surface area is 84.2 Å². The number of allylic oxidation sites excluding steroid dienone is 3. The minimum Gasteiger partial charge on any atom is -0.314 e. The van der Waals surface area contributed by atoms with E-state index in [-0.39, 0.29) is 5.91 Å². The van der Waals surface area contributed by atoms with Gasteiger partial charge in [-0.25, -0.2) is 0 Å². The summed E-state index contributed by atoms with van der Waals surface area (Å²) in [5, 5.41) is 0.430. The van der Waals surface area contributed by atoms with Crippen molar-refractivity contribution in [1.82, 2.24) is 4.90 Å². The van der Waals surface area contributed by atoms with Crippen LogP contribution in [-0.2, 0) is 4.79 Å². The third kappa shape index (κ3) is 3.07. The molecule has 0 aromatic heterocycles. The Hall–Kier alpha value is -1.02. The highest BCUT2D eigenvalue weighted by atomic mass is 35.5. The van der Waals surface area contributed by atoms with Crippen molar-refractivity contribution in [2.75, 3.05) is 7.05 Å². The van der Waals surface area contributed by atoms with E-state index < -0.39 is 0 Å². The Morgan fingerprint density at radius 2 is 2.00 bits per heavy atom. The zero-order valence-electron chi connectivity index (χ0n) is 8.01. The lowest BCUT2D eigenvalue weighted by molar-refractivity contribution is -0.127. The van der Waals surface area contributed by atoms with Gasteiger partial charge in [0.05, 0.1) is 10.7 Å². The van der Waals surface area contributed by atoms with Crippen molar-refractivity contribution < 1.29 is 4.79 Å². The molecule has 0 saturated carbocycles. The molecule has 72 valence electrons. The van der Waals surface area contributed by atoms with Gasteiger partial charge in [0.2, 0.25) is 5.91 Å². The topological polar surface area (TPSA) is 20.3 Å². The number of hydrogen-bond donors (Lipinski definition) is 0. The number of carbonyl (C=O) groups excluding carboxylic acids is 1. The summed E-state index contributed by atoms with van der Waals surface area (Å²) in [5.74, 6) is -0.00472. The van der Waals surface area contributed by atoms with Crippen LogP contribution >= 0.6 is 11.6 Å². The van der Waals surface area contributed by atoms with Crippen molar-refractivity contribution >= 4 is 17.5 Å². The highest BCUT2D eigenvalue weighted by Gasteiger charge is 2.10. The first-order valence-corrected chi connectivity index (χ1v) is 4.37. The fourth-order valence-electron chi connectivity index (χ4n) is 0.871. The maximum absolute atomic E-state index is 11.3. The van der Waals surface area contributed by atoms with Crippen LogP contribution in [0.3, 0.4) is 0 Å². The summed E-state index contributed by atoms with van der Waals surface area (Å²) in [6.45, 7) is 8.90. The van der Waals surface area contributed by atoms with Crippen LogP contribution in [0.4, 0.5) is 0 Å². The largest absolute Gasteiger partial charge is 0.314 e. The van der Waals surface area contributed by atoms with E-state index in [0.29, 0.717) is 17.2 Å². The molecule has 3 heteroatoms. The fourth-order valence-corrected chi connectivity index (χ4v) is 1.07. The zero-order chi connectivity index (χ0) is 10.4. The predicted octanol–water partition coefficient (Wildman–Crippen LogP) is 2.68. The molecule has 0 saturated heterocycles. The maximum Gasteiger partial charge on any atom is 0.226 e. The van der Waals surface area contributed by atoms with Gasteiger partial charge in [-0.15, -0.1) is 0 Å². The van der Waals surface area contributed by atoms with Crippen LogP contribution < -0.4 is 0 Å². The molecule has 0 fully saturated rings. The van der Waals surface area contributed by atoms with Gasteiger partial charge in [0.15, 0.2) is 0 Å². The van der Waals surface area contributed by atoms with E-state index in [2.05, 4.69) is 13.2 Å². The molecular formula is C10H14ClNO. The fraction of sp³-hybridized carbons (Fsp3) is 0.300. The molecular weight excluding hydrogens is 186 g/mol. The monoisotopic (exact) mass is 199 g/mol. The van der Waals surface area contributed by atoms with E-state index in [1.807, 2.05) is 0 Å². The summed E-state index contributed by atoms with van der Waals surface area (Å²) in [6.07, 6.45) is 3.46. The predicted molar refractivity (Wildman–Crippen MR) is 56.3 cm³/mol. The van der Waals surface area contributed by atoms with E-state index in [1.54, 1.807) is 14.0 Å². The molecule has 13 heavy (non-hydrogen) atoms. The Bertz CT molecular complexity index is 256. The van der Waals surface area contributed by atoms with Gasteiger partial charge in [0.25, 0.3) is 0 Å². The van der Waals surface area contributed by atoms with Crippen LogP contribution in [0.5, 0.6) is 0 Å². The van der Waals surface area contributed by atoms with Crippen LogP contribution in [-0.4, -0.2) is 17.9 Å². The second-order valence-electron chi connectivity index (χ2n) is 2.45. The van der Waals surface area contributed by atoms with Gasteiger partial charge in [0.1, 0.15) is 0 Å². The van der Waals surface area contributed by atoms with E-state index in [9.17, 15) is 4.79 Å². The van der Waals surface area contributed by atoms with Gasteiger partial charge in [0, 0.05) is 13.5 Å². The summed E-state index contributed by atoms with van der Waals surface area (Å²) >= 11 is 5.82. The van der Waals surface area contributed by atoms with Crippen LogP contribution in [0.15, 0.2) is 36.0 Å². The van der Waals surface area contributed by atoms with Crippen LogP contribution in [0.25, 0.3) is 0 Å². The summed E-state index contributed by atoms with van der Waals surface area (Å²) in [6, 6.07) is 0. The first kappa shape index (κ1) is 12.0. The molecule has 0 N–H and O–H groups in total. The molecule has 0 rings (SSSR count). The van der Waals surface area contributed by atoms with E-state index in [1.165, 1.54) is 17.1 Å². The molecule has 0 spiro atoms. The molecule has 0 aromatic rings. The molecule has 0 aliphatic carbocycles. The van der Waals surface area contributed by atoms with Crippen LogP contribution in [0.1, 0.15) is 13.3 Å². The molecule has 0 aliphatic rings. The van der Waals surface area contributed by atoms with E-state index in [0.717, 1.165) is 0 Å². The number of likely N-dealkylation sites (N-methyl/N-ethyl adjacent to an activating group) is 1.